The van der Waals surface area contributed by atoms with Gasteiger partial charge in [0, 0.05) is 24.7 Å². The highest BCUT2D eigenvalue weighted by molar-refractivity contribution is 6.44. The predicted octanol–water partition coefficient (Wildman–Crippen LogP) is 3.29. The second-order valence-electron chi connectivity index (χ2n) is 8.43. The minimum absolute atomic E-state index is 0.00999. The molecule has 0 saturated carbocycles. The molecule has 3 N–H and O–H groups in total. The largest absolute Gasteiger partial charge is 0.389 e. The number of nitrogens with two attached hydrogens (primary N) is 1. The third kappa shape index (κ3) is 3.20. The van der Waals surface area contributed by atoms with Crippen LogP contribution >= 0.6 is 34.8 Å². The van der Waals surface area contributed by atoms with Crippen LogP contribution in [0.5, 0.6) is 0 Å². The molecule has 1 aromatic carbocycles. The number of carbonyl (C=O) groups excluding carboxylic acids is 1. The number of anilines is 1. The Morgan fingerprint density at radius 1 is 1.22 bits per heavy atom. The molecule has 4 heterocycles. The molecule has 168 valence electrons. The molecule has 32 heavy (non-hydrogen) atoms. The standard InChI is InChI=1S/C21H21Cl3N6O2/c1-8-21(30-9-3-6-13(30)18(32)11(25)7-9)27-19(23)16(26-8)17(31)10-4-5-12-14(15(10)22)20(24)29(2)28-12/h4-5,9,11,13,18,32H,3,6-7,25H2,1-2H3/t9-,11+,13+,18+/m1/s1. The number of ketones is 1. The maximum atomic E-state index is 13.3. The van der Waals surface area contributed by atoms with Gasteiger partial charge >= 0.3 is 0 Å². The first-order valence-corrected chi connectivity index (χ1v) is 11.4. The zero-order valence-corrected chi connectivity index (χ0v) is 19.7. The van der Waals surface area contributed by atoms with E-state index in [2.05, 4.69) is 20.0 Å². The summed E-state index contributed by atoms with van der Waals surface area (Å²) >= 11 is 19.3. The second kappa shape index (κ2) is 7.81. The van der Waals surface area contributed by atoms with Crippen molar-refractivity contribution in [3.63, 3.8) is 0 Å². The minimum atomic E-state index is -0.648. The van der Waals surface area contributed by atoms with Gasteiger partial charge in [0.2, 0.25) is 5.78 Å². The first-order chi connectivity index (χ1) is 15.2. The Kier molecular flexibility index (Phi) is 5.34. The number of halogens is 3. The molecule has 0 amide bonds. The van der Waals surface area contributed by atoms with E-state index in [0.29, 0.717) is 34.0 Å². The molecular weight excluding hydrogens is 475 g/mol. The minimum Gasteiger partial charge on any atom is -0.389 e. The van der Waals surface area contributed by atoms with Crippen LogP contribution in [0.1, 0.15) is 41.0 Å². The SMILES string of the molecule is Cc1nc(C(=O)c2ccc3nn(C)c(Cl)c3c2Cl)c(Cl)nc1N1[C@@H]2CC[C@H]1[C@@H](O)[C@@H](N)C2. The molecule has 0 spiro atoms. The Morgan fingerprint density at radius 3 is 2.72 bits per heavy atom. The Hall–Kier alpha value is -1.97. The van der Waals surface area contributed by atoms with Gasteiger partial charge in [-0.15, -0.1) is 0 Å². The number of rotatable bonds is 3. The van der Waals surface area contributed by atoms with Crippen molar-refractivity contribution in [1.29, 1.82) is 0 Å². The van der Waals surface area contributed by atoms with E-state index in [1.807, 2.05) is 0 Å². The molecule has 11 heteroatoms. The summed E-state index contributed by atoms with van der Waals surface area (Å²) in [5.41, 5.74) is 7.45. The van der Waals surface area contributed by atoms with Crippen molar-refractivity contribution in [3.05, 3.63) is 44.4 Å². The molecular formula is C21H21Cl3N6O2. The molecule has 2 saturated heterocycles. The van der Waals surface area contributed by atoms with Crippen LogP contribution in [0.3, 0.4) is 0 Å². The molecule has 4 atom stereocenters. The van der Waals surface area contributed by atoms with E-state index in [1.165, 1.54) is 4.68 Å². The Morgan fingerprint density at radius 2 is 1.97 bits per heavy atom. The van der Waals surface area contributed by atoms with Crippen molar-refractivity contribution in [2.75, 3.05) is 4.90 Å². The van der Waals surface area contributed by atoms with Gasteiger partial charge in [-0.3, -0.25) is 9.48 Å². The second-order valence-corrected chi connectivity index (χ2v) is 9.53. The molecule has 3 aromatic rings. The number of benzene rings is 1. The van der Waals surface area contributed by atoms with Crippen LogP contribution < -0.4 is 10.6 Å². The fourth-order valence-corrected chi connectivity index (χ4v) is 5.76. The van der Waals surface area contributed by atoms with Crippen molar-refractivity contribution in [1.82, 2.24) is 19.7 Å². The predicted molar refractivity (Wildman–Crippen MR) is 124 cm³/mol. The van der Waals surface area contributed by atoms with Crippen molar-refractivity contribution in [2.24, 2.45) is 12.8 Å². The van der Waals surface area contributed by atoms with Gasteiger partial charge in [0.05, 0.1) is 33.8 Å². The molecule has 2 bridgehead atoms. The molecule has 2 aromatic heterocycles. The fraction of sp³-hybridized carbons (Fsp3) is 0.429. The van der Waals surface area contributed by atoms with Crippen molar-refractivity contribution < 1.29 is 9.90 Å². The Balaban J connectivity index is 1.54. The highest BCUT2D eigenvalue weighted by atomic mass is 35.5. The van der Waals surface area contributed by atoms with Crippen LogP contribution in [0.25, 0.3) is 10.9 Å². The van der Waals surface area contributed by atoms with Gasteiger partial charge in [0.1, 0.15) is 10.8 Å². The van der Waals surface area contributed by atoms with E-state index in [4.69, 9.17) is 40.5 Å². The summed E-state index contributed by atoms with van der Waals surface area (Å²) < 4.78 is 1.49. The van der Waals surface area contributed by atoms with Gasteiger partial charge in [-0.25, -0.2) is 9.97 Å². The maximum Gasteiger partial charge on any atom is 0.216 e. The average molecular weight is 496 g/mol. The van der Waals surface area contributed by atoms with E-state index < -0.39 is 11.9 Å². The summed E-state index contributed by atoms with van der Waals surface area (Å²) in [4.78, 5) is 24.4. The number of nitrogens with zero attached hydrogens (tertiary/aromatic N) is 5. The van der Waals surface area contributed by atoms with E-state index >= 15 is 0 Å². The van der Waals surface area contributed by atoms with Gasteiger partial charge < -0.3 is 15.7 Å². The van der Waals surface area contributed by atoms with Crippen LogP contribution in [0.4, 0.5) is 5.82 Å². The number of aliphatic hydroxyl groups excluding tert-OH is 1. The van der Waals surface area contributed by atoms with E-state index in [1.54, 1.807) is 26.1 Å². The third-order valence-corrected chi connectivity index (χ3v) is 7.59. The summed E-state index contributed by atoms with van der Waals surface area (Å²) in [5.74, 6) is 0.120. The molecule has 0 radical (unpaired) electrons. The summed E-state index contributed by atoms with van der Waals surface area (Å²) in [5, 5.41) is 15.8. The van der Waals surface area contributed by atoms with Gasteiger partial charge in [-0.05, 0) is 38.3 Å². The molecule has 5 rings (SSSR count). The number of carbonyl (C=O) groups is 1. The van der Waals surface area contributed by atoms with E-state index in [9.17, 15) is 9.90 Å². The first kappa shape index (κ1) is 21.9. The smallest absolute Gasteiger partial charge is 0.216 e. The highest BCUT2D eigenvalue weighted by Gasteiger charge is 2.46. The van der Waals surface area contributed by atoms with Crippen LogP contribution in [0, 0.1) is 6.92 Å². The van der Waals surface area contributed by atoms with Gasteiger partial charge in [0.25, 0.3) is 0 Å². The Bertz CT molecular complexity index is 1260. The number of aromatic nitrogens is 4. The summed E-state index contributed by atoms with van der Waals surface area (Å²) in [6.45, 7) is 1.78. The Labute approximate surface area is 199 Å². The first-order valence-electron chi connectivity index (χ1n) is 10.3. The van der Waals surface area contributed by atoms with Crippen LogP contribution in [0.2, 0.25) is 15.3 Å². The lowest BCUT2D eigenvalue weighted by Crippen LogP contribution is -2.57. The van der Waals surface area contributed by atoms with Gasteiger partial charge in [-0.2, -0.15) is 5.10 Å². The van der Waals surface area contributed by atoms with Crippen LogP contribution in [-0.4, -0.2) is 54.9 Å². The summed E-state index contributed by atoms with van der Waals surface area (Å²) in [6, 6.07) is 3.02. The van der Waals surface area contributed by atoms with Gasteiger partial charge in [-0.1, -0.05) is 34.8 Å². The number of hydrogen-bond donors (Lipinski definition) is 2. The quantitative estimate of drug-likeness (QED) is 0.536. The molecule has 0 unspecified atom stereocenters. The van der Waals surface area contributed by atoms with Gasteiger partial charge in [0.15, 0.2) is 11.0 Å². The van der Waals surface area contributed by atoms with Crippen LogP contribution in [0.15, 0.2) is 12.1 Å². The average Bonchev–Trinajstić information content (AvgIpc) is 3.24. The number of hydrogen-bond acceptors (Lipinski definition) is 7. The number of fused-ring (bicyclic) bond motifs is 3. The van der Waals surface area contributed by atoms with Crippen molar-refractivity contribution in [3.8, 4) is 0 Å². The highest BCUT2D eigenvalue weighted by Crippen LogP contribution is 2.40. The fourth-order valence-electron chi connectivity index (χ4n) is 4.94. The molecule has 2 aliphatic heterocycles. The third-order valence-electron chi connectivity index (χ3n) is 6.50. The van der Waals surface area contributed by atoms with Crippen molar-refractivity contribution in [2.45, 2.75) is 50.4 Å². The lowest BCUT2D eigenvalue weighted by Gasteiger charge is -2.42. The topological polar surface area (TPSA) is 110 Å². The van der Waals surface area contributed by atoms with E-state index in [0.717, 1.165) is 12.8 Å². The molecule has 8 nitrogen and oxygen atoms in total. The zero-order chi connectivity index (χ0) is 22.9. The molecule has 0 aliphatic carbocycles. The van der Waals surface area contributed by atoms with Crippen LogP contribution in [-0.2, 0) is 7.05 Å². The number of aliphatic hydroxyl groups is 1. The maximum absolute atomic E-state index is 13.3. The summed E-state index contributed by atoms with van der Waals surface area (Å²) in [7, 11) is 1.70. The monoisotopic (exact) mass is 494 g/mol. The number of piperidine rings is 1. The van der Waals surface area contributed by atoms with Crippen molar-refractivity contribution >= 4 is 57.3 Å². The molecule has 2 aliphatic rings. The lowest BCUT2D eigenvalue weighted by atomic mass is 9.95. The number of aryl methyl sites for hydroxylation is 2. The summed E-state index contributed by atoms with van der Waals surface area (Å²) in [6.07, 6.45) is 1.75. The lowest BCUT2D eigenvalue weighted by molar-refractivity contribution is 0.0978. The zero-order valence-electron chi connectivity index (χ0n) is 17.4. The normalized spacial score (nSPS) is 25.0. The molecule has 2 fully saturated rings. The van der Waals surface area contributed by atoms with E-state index in [-0.39, 0.29) is 39.6 Å².